The number of hydrogen-bond donors (Lipinski definition) is 0. The summed E-state index contributed by atoms with van der Waals surface area (Å²) in [4.78, 5) is 66.1. The van der Waals surface area contributed by atoms with Crippen molar-refractivity contribution in [3.05, 3.63) is 71.0 Å². The van der Waals surface area contributed by atoms with Gasteiger partial charge in [0.1, 0.15) is 0 Å². The standard InChI is InChI=1S/C74H105N3O4S6/c1-6-10-14-18-22-26-28-32-36-40-44-54(42-38-34-30-24-20-16-12-8-3)51-76-71(78)63-61-62-64(68-67(63)84-59(85-68)46-47-75)72(79)77(52-55(43-39-35-31-25-21-17-13-9-4)45-41-37-33-29-27-23-19-15-11-7-2)74(81)66(62)70-69(65(61)73(76)80)86-60(87-70)50-56-49-58-57(83-56)48-53(5)82-58/h46,48-50,54-55H,6-45,51-52H2,1-5H3. The number of benzene rings is 2. The van der Waals surface area contributed by atoms with Gasteiger partial charge in [0.25, 0.3) is 22.2 Å². The first kappa shape index (κ1) is 69.4. The van der Waals surface area contributed by atoms with Gasteiger partial charge in [-0.2, -0.15) is 5.26 Å². The minimum Gasteiger partial charge on any atom is -0.274 e. The fourth-order valence-electron chi connectivity index (χ4n) is 13.8. The van der Waals surface area contributed by atoms with E-state index in [0.717, 1.165) is 95.2 Å². The molecule has 476 valence electrons. The number of aryl methyl sites for hydroxylation is 1. The summed E-state index contributed by atoms with van der Waals surface area (Å²) in [6.45, 7) is 11.9. The molecule has 2 unspecified atom stereocenters. The van der Waals surface area contributed by atoms with Crippen molar-refractivity contribution in [3.63, 3.8) is 0 Å². The van der Waals surface area contributed by atoms with Crippen LogP contribution in [0.2, 0.25) is 0 Å². The molecular formula is C74H105N3O4S6. The molecule has 0 saturated heterocycles. The molecule has 2 atom stereocenters. The van der Waals surface area contributed by atoms with Gasteiger partial charge in [-0.15, -0.1) is 68.0 Å². The van der Waals surface area contributed by atoms with E-state index in [1.165, 1.54) is 223 Å². The van der Waals surface area contributed by atoms with Crippen LogP contribution >= 0.6 is 68.0 Å². The SMILES string of the molecule is CCCCCCCCCCCCC(CCCCCCCCCC)Cn1c(=O)c2c3sc(=CC#N)sc3c3c(=O)n(CC(CCCCCCCCCC)CCCCCCCCCCCC)c(=O)c4c5sc(=Cc6cc7sc(C)cc7s6)sc5c(c1=O)c2c34. The highest BCUT2D eigenvalue weighted by Gasteiger charge is 2.31. The summed E-state index contributed by atoms with van der Waals surface area (Å²) in [7, 11) is 0. The topological polar surface area (TPSA) is 102 Å². The number of fused-ring (bicyclic) bond motifs is 7. The van der Waals surface area contributed by atoms with Crippen molar-refractivity contribution in [2.24, 2.45) is 11.8 Å². The smallest absolute Gasteiger partial charge is 0.262 e. The first-order valence-corrected chi connectivity index (χ1v) is 40.0. The lowest BCUT2D eigenvalue weighted by atomic mass is 9.92. The summed E-state index contributed by atoms with van der Waals surface area (Å²) >= 11 is 9.42. The predicted octanol–water partition coefficient (Wildman–Crippen LogP) is 22.8. The van der Waals surface area contributed by atoms with Gasteiger partial charge in [-0.1, -0.05) is 259 Å². The molecule has 0 amide bonds. The fraction of sp³-hybridized carbons (Fsp3) is 0.662. The zero-order valence-electron chi connectivity index (χ0n) is 54.1. The molecule has 8 aromatic rings. The maximum Gasteiger partial charge on any atom is 0.262 e. The van der Waals surface area contributed by atoms with Crippen LogP contribution in [0.25, 0.3) is 72.7 Å². The van der Waals surface area contributed by atoms with Crippen LogP contribution in [0.5, 0.6) is 0 Å². The summed E-state index contributed by atoms with van der Waals surface area (Å²) in [5.41, 5.74) is -1.28. The van der Waals surface area contributed by atoms with E-state index in [2.05, 4.69) is 58.9 Å². The number of hydrogen-bond acceptors (Lipinski definition) is 11. The molecule has 7 nitrogen and oxygen atoms in total. The van der Waals surface area contributed by atoms with Crippen LogP contribution in [0.4, 0.5) is 0 Å². The Balaban J connectivity index is 1.23. The van der Waals surface area contributed by atoms with Crippen LogP contribution in [-0.4, -0.2) is 9.13 Å². The Morgan fingerprint density at radius 3 is 0.966 bits per heavy atom. The van der Waals surface area contributed by atoms with E-state index in [4.69, 9.17) is 0 Å². The van der Waals surface area contributed by atoms with Gasteiger partial charge in [-0.3, -0.25) is 28.3 Å². The number of pyridine rings is 2. The highest BCUT2D eigenvalue weighted by molar-refractivity contribution is 7.38. The molecule has 8 rings (SSSR count). The third-order valence-electron chi connectivity index (χ3n) is 18.8. The van der Waals surface area contributed by atoms with Crippen LogP contribution < -0.4 is 29.9 Å². The third-order valence-corrected chi connectivity index (χ3v) is 25.9. The minimum atomic E-state index is -0.332. The number of nitriles is 1. The molecule has 0 aliphatic heterocycles. The summed E-state index contributed by atoms with van der Waals surface area (Å²) in [5, 5.41) is 12.8. The molecule has 0 bridgehead atoms. The molecule has 0 radical (unpaired) electrons. The molecular weight excluding hydrogens is 1190 g/mol. The fourth-order valence-corrected chi connectivity index (χ4v) is 21.4. The highest BCUT2D eigenvalue weighted by Crippen LogP contribution is 2.45. The van der Waals surface area contributed by atoms with E-state index in [-0.39, 0.29) is 34.1 Å². The first-order chi connectivity index (χ1) is 42.6. The minimum absolute atomic E-state index is 0.156. The van der Waals surface area contributed by atoms with E-state index in [0.29, 0.717) is 58.7 Å². The van der Waals surface area contributed by atoms with Gasteiger partial charge >= 0.3 is 0 Å². The molecule has 0 saturated carbocycles. The Hall–Kier alpha value is -3.51. The Labute approximate surface area is 544 Å². The van der Waals surface area contributed by atoms with Crippen molar-refractivity contribution in [1.82, 2.24) is 9.13 Å². The summed E-state index contributed by atoms with van der Waals surface area (Å²) < 4.78 is 10.1. The lowest BCUT2D eigenvalue weighted by Crippen LogP contribution is -2.38. The second kappa shape index (κ2) is 37.1. The molecule has 6 aromatic heterocycles. The normalized spacial score (nSPS) is 12.8. The third kappa shape index (κ3) is 19.1. The van der Waals surface area contributed by atoms with Crippen molar-refractivity contribution in [2.45, 2.75) is 305 Å². The summed E-state index contributed by atoms with van der Waals surface area (Å²) in [5.74, 6) is 0.312. The van der Waals surface area contributed by atoms with Crippen LogP contribution in [-0.2, 0) is 13.1 Å². The zero-order valence-corrected chi connectivity index (χ0v) is 59.0. The van der Waals surface area contributed by atoms with Gasteiger partial charge in [0.2, 0.25) is 0 Å². The molecule has 0 spiro atoms. The molecule has 13 heteroatoms. The van der Waals surface area contributed by atoms with Gasteiger partial charge in [0.15, 0.2) is 0 Å². The molecule has 2 aromatic carbocycles. The van der Waals surface area contributed by atoms with Gasteiger partial charge in [-0.05, 0) is 62.7 Å². The number of nitrogens with zero attached hydrogens (tertiary/aromatic N) is 3. The number of aromatic nitrogens is 2. The van der Waals surface area contributed by atoms with E-state index in [1.54, 1.807) is 54.5 Å². The quantitative estimate of drug-likeness (QED) is 0.0279. The first-order valence-electron chi connectivity index (χ1n) is 35.1. The predicted molar refractivity (Wildman–Crippen MR) is 389 cm³/mol. The Morgan fingerprint density at radius 1 is 0.379 bits per heavy atom. The lowest BCUT2D eigenvalue weighted by Gasteiger charge is -2.21. The van der Waals surface area contributed by atoms with E-state index in [9.17, 15) is 5.26 Å². The number of rotatable bonds is 45. The monoisotopic (exact) mass is 1290 g/mol. The Bertz CT molecular complexity index is 3570. The largest absolute Gasteiger partial charge is 0.274 e. The van der Waals surface area contributed by atoms with Gasteiger partial charge in [-0.25, -0.2) is 0 Å². The van der Waals surface area contributed by atoms with Gasteiger partial charge in [0.05, 0.1) is 54.1 Å². The van der Waals surface area contributed by atoms with Crippen LogP contribution in [0, 0.1) is 30.1 Å². The highest BCUT2D eigenvalue weighted by atomic mass is 32.2. The average Bonchev–Trinajstić information content (AvgIpc) is 1.68. The number of thiophene rings is 2. The number of unbranched alkanes of at least 4 members (excludes halogenated alkanes) is 32. The van der Waals surface area contributed by atoms with Crippen molar-refractivity contribution in [1.29, 1.82) is 5.26 Å². The van der Waals surface area contributed by atoms with Crippen LogP contribution in [0.15, 0.2) is 31.3 Å². The zero-order chi connectivity index (χ0) is 61.3. The summed E-state index contributed by atoms with van der Waals surface area (Å²) in [6.07, 6.45) is 52.4. The van der Waals surface area contributed by atoms with Crippen molar-refractivity contribution in [2.75, 3.05) is 0 Å². The maximum absolute atomic E-state index is 16.0. The maximum atomic E-state index is 16.0. The molecule has 0 fully saturated rings. The molecule has 0 aliphatic carbocycles. The van der Waals surface area contributed by atoms with Crippen molar-refractivity contribution in [3.8, 4) is 6.07 Å². The van der Waals surface area contributed by atoms with Crippen LogP contribution in [0.1, 0.15) is 294 Å². The summed E-state index contributed by atoms with van der Waals surface area (Å²) in [6, 6.07) is 6.75. The van der Waals surface area contributed by atoms with E-state index in [1.807, 2.05) is 0 Å². The van der Waals surface area contributed by atoms with Gasteiger partial charge < -0.3 is 0 Å². The van der Waals surface area contributed by atoms with E-state index >= 15 is 19.2 Å². The van der Waals surface area contributed by atoms with E-state index < -0.39 is 0 Å². The average molecular weight is 1290 g/mol. The Kier molecular flexibility index (Phi) is 29.6. The Morgan fingerprint density at radius 2 is 0.667 bits per heavy atom. The van der Waals surface area contributed by atoms with Crippen molar-refractivity contribution < 1.29 is 0 Å². The van der Waals surface area contributed by atoms with Gasteiger partial charge in [0, 0.05) is 49.1 Å². The molecule has 0 N–H and O–H groups in total. The van der Waals surface area contributed by atoms with Crippen molar-refractivity contribution >= 4 is 141 Å². The van der Waals surface area contributed by atoms with Crippen LogP contribution in [0.3, 0.4) is 0 Å². The second-order valence-corrected chi connectivity index (χ2v) is 33.0. The molecule has 6 heterocycles. The molecule has 87 heavy (non-hydrogen) atoms. The lowest BCUT2D eigenvalue weighted by molar-refractivity contribution is 0.350. The second-order valence-electron chi connectivity index (χ2n) is 25.9. The molecule has 0 aliphatic rings.